The Labute approximate surface area is 328 Å². The van der Waals surface area contributed by atoms with E-state index in [0.29, 0.717) is 12.8 Å². The topological polar surface area (TPSA) is 189 Å². The van der Waals surface area contributed by atoms with Crippen molar-refractivity contribution in [3.05, 3.63) is 12.2 Å². The van der Waals surface area contributed by atoms with Gasteiger partial charge < -0.3 is 50.5 Å². The van der Waals surface area contributed by atoms with Gasteiger partial charge in [0.25, 0.3) is 0 Å². The molecule has 9 atom stereocenters. The zero-order chi connectivity index (χ0) is 39.8. The Morgan fingerprint density at radius 3 is 1.57 bits per heavy atom. The molecule has 1 aliphatic heterocycles. The van der Waals surface area contributed by atoms with Crippen LogP contribution in [0.2, 0.25) is 0 Å². The Hall–Kier alpha value is -1.15. The van der Waals surface area contributed by atoms with Crippen LogP contribution in [0.1, 0.15) is 187 Å². The second-order valence-electron chi connectivity index (χ2n) is 15.8. The molecule has 1 amide bonds. The molecule has 0 bridgehead atoms. The van der Waals surface area contributed by atoms with Gasteiger partial charge in [0.15, 0.2) is 6.29 Å². The standard InChI is InChI=1S/C43H83NO10/c1-3-5-7-9-11-12-13-14-15-16-17-18-19-20-21-22-23-25-27-29-31-36(47)42(52)44-34(38(48)35(46)30-28-26-24-10-8-6-4-2)33-53-43-41(51)40(50)39(49)37(32-45)54-43/h10,24,34-41,43,45-51H,3-9,11-23,25-33H2,1-2H3,(H,44,52)/b24-10+. The average molecular weight is 774 g/mol. The molecule has 1 aliphatic rings. The number of aliphatic hydroxyl groups is 7. The highest BCUT2D eigenvalue weighted by Crippen LogP contribution is 2.23. The lowest BCUT2D eigenvalue weighted by atomic mass is 9.98. The van der Waals surface area contributed by atoms with E-state index in [1.54, 1.807) is 0 Å². The fourth-order valence-electron chi connectivity index (χ4n) is 7.07. The Balaban J connectivity index is 2.36. The van der Waals surface area contributed by atoms with E-state index in [1.807, 2.05) is 6.08 Å². The molecule has 1 heterocycles. The quantitative estimate of drug-likeness (QED) is 0.0258. The number of nitrogens with one attached hydrogen (secondary N) is 1. The molecule has 0 aliphatic carbocycles. The molecule has 320 valence electrons. The molecule has 0 aromatic rings. The predicted octanol–water partition coefficient (Wildman–Crippen LogP) is 6.50. The predicted molar refractivity (Wildman–Crippen MR) is 215 cm³/mol. The lowest BCUT2D eigenvalue weighted by Gasteiger charge is -2.40. The smallest absolute Gasteiger partial charge is 0.249 e. The number of hydrogen-bond acceptors (Lipinski definition) is 10. The Kier molecular flexibility index (Phi) is 32.0. The van der Waals surface area contributed by atoms with Crippen LogP contribution in [0.25, 0.3) is 0 Å². The van der Waals surface area contributed by atoms with Gasteiger partial charge in [-0.3, -0.25) is 4.79 Å². The maximum atomic E-state index is 13.0. The molecule has 11 heteroatoms. The minimum absolute atomic E-state index is 0.258. The lowest BCUT2D eigenvalue weighted by molar-refractivity contribution is -0.303. The first-order valence-electron chi connectivity index (χ1n) is 22.1. The molecular formula is C43H83NO10. The number of aliphatic hydroxyl groups excluding tert-OH is 7. The molecular weight excluding hydrogens is 690 g/mol. The first-order chi connectivity index (χ1) is 26.2. The van der Waals surface area contributed by atoms with Gasteiger partial charge in [-0.25, -0.2) is 0 Å². The number of carbonyl (C=O) groups excluding carboxylic acids is 1. The third-order valence-corrected chi connectivity index (χ3v) is 10.8. The van der Waals surface area contributed by atoms with Gasteiger partial charge in [-0.05, 0) is 32.1 Å². The maximum absolute atomic E-state index is 13.0. The highest BCUT2D eigenvalue weighted by molar-refractivity contribution is 5.80. The first-order valence-corrected chi connectivity index (χ1v) is 22.1. The normalized spacial score (nSPS) is 22.7. The van der Waals surface area contributed by atoms with Gasteiger partial charge in [0.05, 0.1) is 25.4 Å². The monoisotopic (exact) mass is 774 g/mol. The van der Waals surface area contributed by atoms with Crippen LogP contribution in [0, 0.1) is 0 Å². The van der Waals surface area contributed by atoms with Crippen LogP contribution in [-0.2, 0) is 14.3 Å². The SMILES string of the molecule is CCCC/C=C/CCCC(O)C(O)C(COC1OC(CO)C(O)C(O)C1O)NC(=O)C(O)CCCCCCCCCCCCCCCCCCCCCC. The minimum Gasteiger partial charge on any atom is -0.394 e. The second kappa shape index (κ2) is 33.9. The summed E-state index contributed by atoms with van der Waals surface area (Å²) < 4.78 is 11.0. The van der Waals surface area contributed by atoms with Crippen molar-refractivity contribution in [2.45, 2.75) is 242 Å². The van der Waals surface area contributed by atoms with E-state index in [0.717, 1.165) is 44.9 Å². The van der Waals surface area contributed by atoms with Gasteiger partial charge in [0.1, 0.15) is 36.6 Å². The number of hydrogen-bond donors (Lipinski definition) is 8. The van der Waals surface area contributed by atoms with E-state index in [-0.39, 0.29) is 12.8 Å². The third kappa shape index (κ3) is 23.8. The molecule has 0 aromatic carbocycles. The molecule has 1 fully saturated rings. The van der Waals surface area contributed by atoms with Crippen LogP contribution < -0.4 is 5.32 Å². The van der Waals surface area contributed by atoms with Crippen molar-refractivity contribution in [1.82, 2.24) is 5.32 Å². The van der Waals surface area contributed by atoms with Crippen LogP contribution >= 0.6 is 0 Å². The van der Waals surface area contributed by atoms with Crippen molar-refractivity contribution < 1.29 is 50.0 Å². The second-order valence-corrected chi connectivity index (χ2v) is 15.8. The van der Waals surface area contributed by atoms with Gasteiger partial charge in [-0.1, -0.05) is 167 Å². The molecule has 0 aromatic heterocycles. The summed E-state index contributed by atoms with van der Waals surface area (Å²) in [5.41, 5.74) is 0. The Morgan fingerprint density at radius 1 is 0.630 bits per heavy atom. The van der Waals surface area contributed by atoms with Crippen molar-refractivity contribution in [3.8, 4) is 0 Å². The summed E-state index contributed by atoms with van der Waals surface area (Å²) in [6.07, 6.45) is 23.1. The zero-order valence-corrected chi connectivity index (χ0v) is 34.2. The zero-order valence-electron chi connectivity index (χ0n) is 34.2. The van der Waals surface area contributed by atoms with Crippen molar-refractivity contribution in [2.75, 3.05) is 13.2 Å². The average Bonchev–Trinajstić information content (AvgIpc) is 3.17. The first kappa shape index (κ1) is 50.9. The highest BCUT2D eigenvalue weighted by Gasteiger charge is 2.44. The summed E-state index contributed by atoms with van der Waals surface area (Å²) in [4.78, 5) is 13.0. The number of ether oxygens (including phenoxy) is 2. The number of rotatable bonds is 36. The van der Waals surface area contributed by atoms with Crippen molar-refractivity contribution >= 4 is 5.91 Å². The number of allylic oxidation sites excluding steroid dienone is 2. The molecule has 9 unspecified atom stereocenters. The van der Waals surface area contributed by atoms with Crippen molar-refractivity contribution in [1.29, 1.82) is 0 Å². The van der Waals surface area contributed by atoms with E-state index in [9.17, 15) is 40.5 Å². The van der Waals surface area contributed by atoms with Crippen molar-refractivity contribution in [2.24, 2.45) is 0 Å². The molecule has 0 spiro atoms. The molecule has 8 N–H and O–H groups in total. The van der Waals surface area contributed by atoms with E-state index >= 15 is 0 Å². The van der Waals surface area contributed by atoms with E-state index in [2.05, 4.69) is 25.2 Å². The van der Waals surface area contributed by atoms with Gasteiger partial charge in [-0.15, -0.1) is 0 Å². The molecule has 1 saturated heterocycles. The van der Waals surface area contributed by atoms with Gasteiger partial charge in [0, 0.05) is 0 Å². The van der Waals surface area contributed by atoms with Gasteiger partial charge in [0.2, 0.25) is 5.91 Å². The largest absolute Gasteiger partial charge is 0.394 e. The Bertz CT molecular complexity index is 892. The Morgan fingerprint density at radius 2 is 1.09 bits per heavy atom. The maximum Gasteiger partial charge on any atom is 0.249 e. The summed E-state index contributed by atoms with van der Waals surface area (Å²) in [7, 11) is 0. The number of carbonyl (C=O) groups is 1. The fourth-order valence-corrected chi connectivity index (χ4v) is 7.07. The van der Waals surface area contributed by atoms with Crippen LogP contribution in [0.3, 0.4) is 0 Å². The number of unbranched alkanes of at least 4 members (excludes halogenated alkanes) is 22. The fraction of sp³-hybridized carbons (Fsp3) is 0.930. The van der Waals surface area contributed by atoms with Crippen LogP contribution in [0.4, 0.5) is 0 Å². The molecule has 0 saturated carbocycles. The van der Waals surface area contributed by atoms with E-state index in [4.69, 9.17) is 9.47 Å². The van der Waals surface area contributed by atoms with Gasteiger partial charge in [-0.2, -0.15) is 0 Å². The van der Waals surface area contributed by atoms with Crippen LogP contribution in [0.5, 0.6) is 0 Å². The summed E-state index contributed by atoms with van der Waals surface area (Å²) in [6, 6.07) is -1.18. The van der Waals surface area contributed by atoms with E-state index < -0.39 is 74.2 Å². The summed E-state index contributed by atoms with van der Waals surface area (Å²) in [5, 5.41) is 75.1. The minimum atomic E-state index is -1.66. The molecule has 1 rings (SSSR count). The highest BCUT2D eigenvalue weighted by atomic mass is 16.7. The number of amides is 1. The van der Waals surface area contributed by atoms with E-state index in [1.165, 1.54) is 103 Å². The van der Waals surface area contributed by atoms with Crippen LogP contribution in [-0.4, -0.2) is 110 Å². The van der Waals surface area contributed by atoms with Gasteiger partial charge >= 0.3 is 0 Å². The van der Waals surface area contributed by atoms with Crippen molar-refractivity contribution in [3.63, 3.8) is 0 Å². The lowest BCUT2D eigenvalue weighted by Crippen LogP contribution is -2.60. The summed E-state index contributed by atoms with van der Waals surface area (Å²) in [5.74, 6) is -0.708. The molecule has 0 radical (unpaired) electrons. The third-order valence-electron chi connectivity index (χ3n) is 10.8. The molecule has 54 heavy (non-hydrogen) atoms. The summed E-state index contributed by atoms with van der Waals surface area (Å²) >= 11 is 0. The van der Waals surface area contributed by atoms with Crippen LogP contribution in [0.15, 0.2) is 12.2 Å². The summed E-state index contributed by atoms with van der Waals surface area (Å²) in [6.45, 7) is 3.33. The molecule has 11 nitrogen and oxygen atoms in total.